The smallest absolute Gasteiger partial charge is 0.323 e. The predicted molar refractivity (Wildman–Crippen MR) is 169 cm³/mol. The molecule has 0 spiro atoms. The summed E-state index contributed by atoms with van der Waals surface area (Å²) in [5, 5.41) is 6.29. The second-order valence-corrected chi connectivity index (χ2v) is 10.7. The van der Waals surface area contributed by atoms with Gasteiger partial charge < -0.3 is 29.6 Å². The normalized spacial score (nSPS) is 15.2. The van der Waals surface area contributed by atoms with Crippen LogP contribution in [0.25, 0.3) is 28.2 Å². The van der Waals surface area contributed by atoms with E-state index in [2.05, 4.69) is 20.6 Å². The van der Waals surface area contributed by atoms with Crippen LogP contribution in [0.4, 0.5) is 16.2 Å². The molecule has 2 N–H and O–H groups in total. The van der Waals surface area contributed by atoms with Crippen molar-refractivity contribution < 1.29 is 23.9 Å². The number of anilines is 2. The molecular weight excluding hydrogens is 572 g/mol. The predicted octanol–water partition coefficient (Wildman–Crippen LogP) is 5.37. The Morgan fingerprint density at radius 1 is 0.933 bits per heavy atom. The number of hydrogen-bond acceptors (Lipinski definition) is 7. The Hall–Kier alpha value is -5.81. The lowest BCUT2D eigenvalue weighted by Crippen LogP contribution is -2.40. The highest BCUT2D eigenvalue weighted by atomic mass is 16.5. The van der Waals surface area contributed by atoms with Crippen LogP contribution in [0.1, 0.15) is 26.3 Å². The largest absolute Gasteiger partial charge is 0.452 e. The van der Waals surface area contributed by atoms with E-state index >= 15 is 0 Å². The van der Waals surface area contributed by atoms with Crippen LogP contribution in [0.5, 0.6) is 5.75 Å². The van der Waals surface area contributed by atoms with Crippen molar-refractivity contribution in [3.05, 3.63) is 108 Å². The maximum absolute atomic E-state index is 13.5. The van der Waals surface area contributed by atoms with Crippen molar-refractivity contribution in [3.8, 4) is 16.9 Å². The van der Waals surface area contributed by atoms with Gasteiger partial charge in [-0.2, -0.15) is 0 Å². The van der Waals surface area contributed by atoms with E-state index in [0.717, 1.165) is 27.7 Å². The van der Waals surface area contributed by atoms with Gasteiger partial charge in [0.05, 0.1) is 30.7 Å². The fourth-order valence-electron chi connectivity index (χ4n) is 5.57. The number of rotatable bonds is 5. The van der Waals surface area contributed by atoms with E-state index in [1.807, 2.05) is 48.1 Å². The average Bonchev–Trinajstić information content (AvgIpc) is 3.56. The number of urea groups is 1. The van der Waals surface area contributed by atoms with Crippen molar-refractivity contribution in [1.29, 1.82) is 0 Å². The summed E-state index contributed by atoms with van der Waals surface area (Å²) in [5.74, 6) is 0.257. The number of ketones is 1. The lowest BCUT2D eigenvalue weighted by molar-refractivity contribution is 0.0303. The number of benzene rings is 2. The maximum atomic E-state index is 13.5. The number of aromatic nitrogens is 3. The lowest BCUT2D eigenvalue weighted by Gasteiger charge is -2.26. The average molecular weight is 601 g/mol. The summed E-state index contributed by atoms with van der Waals surface area (Å²) in [6, 6.07) is 17.4. The Morgan fingerprint density at radius 3 is 2.51 bits per heavy atom. The van der Waals surface area contributed by atoms with Crippen LogP contribution in [-0.2, 0) is 11.8 Å². The monoisotopic (exact) mass is 600 g/mol. The highest BCUT2D eigenvalue weighted by Gasteiger charge is 2.29. The minimum absolute atomic E-state index is 0.0150. The van der Waals surface area contributed by atoms with E-state index in [9.17, 15) is 14.4 Å². The number of aryl methyl sites for hydroxylation is 1. The van der Waals surface area contributed by atoms with Crippen molar-refractivity contribution in [2.75, 3.05) is 36.9 Å². The Bertz CT molecular complexity index is 1980. The molecule has 0 unspecified atom stereocenters. The van der Waals surface area contributed by atoms with Gasteiger partial charge >= 0.3 is 6.03 Å². The van der Waals surface area contributed by atoms with Crippen molar-refractivity contribution in [1.82, 2.24) is 19.4 Å². The van der Waals surface area contributed by atoms with Crippen LogP contribution in [-0.4, -0.2) is 63.5 Å². The molecule has 11 nitrogen and oxygen atoms in total. The lowest BCUT2D eigenvalue weighted by atomic mass is 9.99. The number of ether oxygens (including phenoxy) is 2. The van der Waals surface area contributed by atoms with Crippen molar-refractivity contribution in [2.45, 2.75) is 0 Å². The van der Waals surface area contributed by atoms with Gasteiger partial charge in [-0.05, 0) is 65.7 Å². The Balaban J connectivity index is 1.15. The van der Waals surface area contributed by atoms with Gasteiger partial charge in [-0.1, -0.05) is 12.1 Å². The number of nitrogens with zero attached hydrogens (tertiary/aromatic N) is 4. The molecule has 3 aromatic heterocycles. The summed E-state index contributed by atoms with van der Waals surface area (Å²) in [6.45, 7) is 2.25. The molecule has 2 aromatic carbocycles. The van der Waals surface area contributed by atoms with Gasteiger partial charge in [0.25, 0.3) is 5.91 Å². The van der Waals surface area contributed by atoms with Crippen molar-refractivity contribution in [3.63, 3.8) is 0 Å². The number of hydrogen-bond donors (Lipinski definition) is 2. The SMILES string of the molecule is Cn1cc(C=C2Oc3ccc(NC(=O)Nc4cccnc4)cc3C2=O)c2c(-c3ccc(C(=O)N4CCOCC4)cc3)ccnc21. The molecule has 1 saturated heterocycles. The van der Waals surface area contributed by atoms with Crippen molar-refractivity contribution >= 4 is 46.2 Å². The molecule has 45 heavy (non-hydrogen) atoms. The zero-order valence-electron chi connectivity index (χ0n) is 24.3. The number of carbonyl (C=O) groups excluding carboxylic acids is 3. The highest BCUT2D eigenvalue weighted by molar-refractivity contribution is 6.16. The standard InChI is InChI=1S/C34H28N6O5/c1-39-20-23(17-29-31(41)27-18-24(8-9-28(27)45-29)37-34(43)38-25-3-2-11-35-19-25)30-26(10-12-36-32(30)39)21-4-6-22(7-5-21)33(42)40-13-15-44-16-14-40/h2-12,17-20H,13-16H2,1H3,(H2,37,38,43). The quantitative estimate of drug-likeness (QED) is 0.260. The molecular formula is C34H28N6O5. The molecule has 0 aliphatic carbocycles. The first-order valence-corrected chi connectivity index (χ1v) is 14.4. The Labute approximate surface area is 258 Å². The van der Waals surface area contributed by atoms with Crippen LogP contribution in [0.15, 0.2) is 91.2 Å². The summed E-state index contributed by atoms with van der Waals surface area (Å²) in [5.41, 5.74) is 5.27. The van der Waals surface area contributed by atoms with E-state index in [-0.39, 0.29) is 17.4 Å². The molecule has 7 rings (SSSR count). The first kappa shape index (κ1) is 28.0. The topological polar surface area (TPSA) is 128 Å². The number of fused-ring (bicyclic) bond motifs is 2. The zero-order chi connectivity index (χ0) is 30.9. The molecule has 5 heterocycles. The molecule has 0 atom stereocenters. The molecule has 0 saturated carbocycles. The van der Waals surface area contributed by atoms with Gasteiger partial charge in [0.2, 0.25) is 5.78 Å². The number of carbonyl (C=O) groups is 3. The van der Waals surface area contributed by atoms with E-state index in [1.54, 1.807) is 53.7 Å². The molecule has 0 bridgehead atoms. The molecule has 1 fully saturated rings. The van der Waals surface area contributed by atoms with Gasteiger partial charge in [-0.25, -0.2) is 9.78 Å². The summed E-state index contributed by atoms with van der Waals surface area (Å²) >= 11 is 0. The van der Waals surface area contributed by atoms with Crippen LogP contribution >= 0.6 is 0 Å². The van der Waals surface area contributed by atoms with Crippen LogP contribution < -0.4 is 15.4 Å². The highest BCUT2D eigenvalue weighted by Crippen LogP contribution is 2.37. The Kier molecular flexibility index (Phi) is 7.28. The molecule has 2 aliphatic heterocycles. The summed E-state index contributed by atoms with van der Waals surface area (Å²) in [4.78, 5) is 49.2. The number of amides is 3. The third-order valence-corrected chi connectivity index (χ3v) is 7.76. The summed E-state index contributed by atoms with van der Waals surface area (Å²) in [6.07, 6.45) is 8.51. The van der Waals surface area contributed by atoms with E-state index in [0.29, 0.717) is 54.6 Å². The zero-order valence-corrected chi connectivity index (χ0v) is 24.3. The molecule has 5 aromatic rings. The third kappa shape index (κ3) is 5.52. The molecule has 224 valence electrons. The van der Waals surface area contributed by atoms with Crippen LogP contribution in [0.3, 0.4) is 0 Å². The first-order valence-electron chi connectivity index (χ1n) is 14.4. The number of Topliss-reactive ketones (excluding diaryl/α,β-unsaturated/α-hetero) is 1. The Morgan fingerprint density at radius 2 is 1.73 bits per heavy atom. The minimum Gasteiger partial charge on any atom is -0.452 e. The maximum Gasteiger partial charge on any atom is 0.323 e. The summed E-state index contributed by atoms with van der Waals surface area (Å²) < 4.78 is 13.2. The van der Waals surface area contributed by atoms with E-state index < -0.39 is 6.03 Å². The van der Waals surface area contributed by atoms with E-state index in [4.69, 9.17) is 9.47 Å². The van der Waals surface area contributed by atoms with Gasteiger partial charge in [0.1, 0.15) is 11.4 Å². The fraction of sp³-hybridized carbons (Fsp3) is 0.147. The number of pyridine rings is 2. The number of nitrogens with one attached hydrogen (secondary N) is 2. The van der Waals surface area contributed by atoms with Gasteiger partial charge in [-0.3, -0.25) is 14.6 Å². The van der Waals surface area contributed by atoms with Gasteiger partial charge in [0.15, 0.2) is 5.76 Å². The van der Waals surface area contributed by atoms with E-state index in [1.165, 1.54) is 6.20 Å². The number of allylic oxidation sites excluding steroid dienone is 1. The second-order valence-electron chi connectivity index (χ2n) is 10.7. The molecule has 11 heteroatoms. The number of morpholine rings is 1. The van der Waals surface area contributed by atoms with Gasteiger partial charge in [-0.15, -0.1) is 0 Å². The third-order valence-electron chi connectivity index (χ3n) is 7.76. The summed E-state index contributed by atoms with van der Waals surface area (Å²) in [7, 11) is 1.89. The van der Waals surface area contributed by atoms with Crippen LogP contribution in [0.2, 0.25) is 0 Å². The molecule has 2 aliphatic rings. The first-order chi connectivity index (χ1) is 21.9. The molecule has 0 radical (unpaired) electrons. The van der Waals surface area contributed by atoms with Crippen molar-refractivity contribution in [2.24, 2.45) is 7.05 Å². The molecule has 3 amide bonds. The second kappa shape index (κ2) is 11.7. The van der Waals surface area contributed by atoms with Gasteiger partial charge in [0, 0.05) is 60.9 Å². The fourth-order valence-corrected chi connectivity index (χ4v) is 5.57. The minimum atomic E-state index is -0.459. The van der Waals surface area contributed by atoms with Crippen LogP contribution in [0, 0.1) is 0 Å².